The number of hydrogen-bond acceptors (Lipinski definition) is 5. The van der Waals surface area contributed by atoms with E-state index in [4.69, 9.17) is 9.47 Å². The van der Waals surface area contributed by atoms with Gasteiger partial charge in [-0.25, -0.2) is 8.42 Å². The van der Waals surface area contributed by atoms with Crippen molar-refractivity contribution in [3.63, 3.8) is 0 Å². The van der Waals surface area contributed by atoms with Gasteiger partial charge >= 0.3 is 0 Å². The molecular formula is C21H32N2O5S. The summed E-state index contributed by atoms with van der Waals surface area (Å²) < 4.78 is 38.2. The molecule has 1 saturated heterocycles. The summed E-state index contributed by atoms with van der Waals surface area (Å²) in [7, 11) is -0.724. The maximum Gasteiger partial charge on any atom is 0.243 e. The molecule has 162 valence electrons. The summed E-state index contributed by atoms with van der Waals surface area (Å²) in [4.78, 5) is 13.0. The van der Waals surface area contributed by atoms with Gasteiger partial charge in [0.25, 0.3) is 0 Å². The van der Waals surface area contributed by atoms with Gasteiger partial charge in [0.2, 0.25) is 15.9 Å². The lowest BCUT2D eigenvalue weighted by Gasteiger charge is -2.32. The number of sulfonamides is 1. The third-order valence-corrected chi connectivity index (χ3v) is 7.81. The number of ether oxygens (including phenoxy) is 2. The Balaban J connectivity index is 1.69. The van der Waals surface area contributed by atoms with Gasteiger partial charge in [-0.2, -0.15) is 4.31 Å². The van der Waals surface area contributed by atoms with Crippen LogP contribution >= 0.6 is 0 Å². The Morgan fingerprint density at radius 1 is 1.00 bits per heavy atom. The number of hydrogen-bond donors (Lipinski definition) is 1. The molecule has 3 rings (SSSR count). The number of piperidine rings is 1. The highest BCUT2D eigenvalue weighted by Crippen LogP contribution is 2.32. The standard InChI is InChI=1S/C21H32N2O5S/c1-27-19-12-11-18(14-20(19)28-2)29(25,26)23-13-7-8-16(15-23)21(24)22-17-9-5-3-4-6-10-17/h11-12,14,16-17H,3-10,13,15H2,1-2H3,(H,22,24)/t16-/m1/s1. The fraction of sp³-hybridized carbons (Fsp3) is 0.667. The van der Waals surface area contributed by atoms with Crippen molar-refractivity contribution in [2.75, 3.05) is 27.3 Å². The summed E-state index contributed by atoms with van der Waals surface area (Å²) in [5, 5.41) is 3.18. The van der Waals surface area contributed by atoms with Crippen LogP contribution in [0.3, 0.4) is 0 Å². The summed E-state index contributed by atoms with van der Waals surface area (Å²) in [5.74, 6) is 0.532. The fourth-order valence-electron chi connectivity index (χ4n) is 4.24. The van der Waals surface area contributed by atoms with Gasteiger partial charge in [0.15, 0.2) is 11.5 Å². The number of rotatable bonds is 6. The zero-order valence-electron chi connectivity index (χ0n) is 17.4. The van der Waals surface area contributed by atoms with Gasteiger partial charge in [-0.1, -0.05) is 25.7 Å². The van der Waals surface area contributed by atoms with Gasteiger partial charge in [0, 0.05) is 25.2 Å². The number of carbonyl (C=O) groups excluding carboxylic acids is 1. The minimum absolute atomic E-state index is 0.0101. The van der Waals surface area contributed by atoms with Crippen molar-refractivity contribution >= 4 is 15.9 Å². The lowest BCUT2D eigenvalue weighted by atomic mass is 9.97. The third-order valence-electron chi connectivity index (χ3n) is 5.95. The Morgan fingerprint density at radius 2 is 1.69 bits per heavy atom. The number of amides is 1. The highest BCUT2D eigenvalue weighted by Gasteiger charge is 2.34. The molecule has 0 unspecified atom stereocenters. The van der Waals surface area contributed by atoms with Gasteiger partial charge in [-0.15, -0.1) is 0 Å². The zero-order valence-corrected chi connectivity index (χ0v) is 18.2. The lowest BCUT2D eigenvalue weighted by molar-refractivity contribution is -0.126. The number of carbonyl (C=O) groups is 1. The molecule has 0 aromatic heterocycles. The van der Waals surface area contributed by atoms with E-state index in [0.717, 1.165) is 32.1 Å². The van der Waals surface area contributed by atoms with Crippen molar-refractivity contribution in [3.05, 3.63) is 18.2 Å². The Morgan fingerprint density at radius 3 is 2.34 bits per heavy atom. The van der Waals surface area contributed by atoms with Crippen LogP contribution in [-0.2, 0) is 14.8 Å². The molecule has 1 saturated carbocycles. The van der Waals surface area contributed by atoms with E-state index in [1.165, 1.54) is 43.5 Å². The minimum Gasteiger partial charge on any atom is -0.493 e. The predicted molar refractivity (Wildman–Crippen MR) is 111 cm³/mol. The average Bonchev–Trinajstić information content (AvgIpc) is 3.01. The van der Waals surface area contributed by atoms with Gasteiger partial charge in [-0.3, -0.25) is 4.79 Å². The molecule has 1 aromatic rings. The van der Waals surface area contributed by atoms with E-state index in [1.807, 2.05) is 0 Å². The quantitative estimate of drug-likeness (QED) is 0.710. The van der Waals surface area contributed by atoms with Crippen LogP contribution in [0.2, 0.25) is 0 Å². The molecule has 0 radical (unpaired) electrons. The van der Waals surface area contributed by atoms with Crippen LogP contribution < -0.4 is 14.8 Å². The Labute approximate surface area is 173 Å². The first kappa shape index (κ1) is 21.9. The molecule has 0 spiro atoms. The van der Waals surface area contributed by atoms with E-state index in [9.17, 15) is 13.2 Å². The highest BCUT2D eigenvalue weighted by atomic mass is 32.2. The maximum atomic E-state index is 13.2. The molecule has 8 heteroatoms. The van der Waals surface area contributed by atoms with Gasteiger partial charge in [0.1, 0.15) is 0 Å². The van der Waals surface area contributed by atoms with E-state index < -0.39 is 10.0 Å². The van der Waals surface area contributed by atoms with Gasteiger partial charge < -0.3 is 14.8 Å². The first-order valence-corrected chi connectivity index (χ1v) is 11.9. The highest BCUT2D eigenvalue weighted by molar-refractivity contribution is 7.89. The first-order chi connectivity index (χ1) is 14.0. The van der Waals surface area contributed by atoms with Crippen molar-refractivity contribution in [2.24, 2.45) is 5.92 Å². The SMILES string of the molecule is COc1ccc(S(=O)(=O)N2CCC[C@@H](C(=O)NC3CCCCCC3)C2)cc1OC. The van der Waals surface area contributed by atoms with E-state index in [1.54, 1.807) is 6.07 Å². The van der Waals surface area contributed by atoms with Crippen LogP contribution in [-0.4, -0.2) is 52.0 Å². The molecule has 1 aromatic carbocycles. The Kier molecular flexibility index (Phi) is 7.40. The molecule has 1 N–H and O–H groups in total. The van der Waals surface area contributed by atoms with Gasteiger partial charge in [-0.05, 0) is 37.8 Å². The van der Waals surface area contributed by atoms with E-state index in [2.05, 4.69) is 5.32 Å². The summed E-state index contributed by atoms with van der Waals surface area (Å²) >= 11 is 0. The zero-order chi connectivity index (χ0) is 20.9. The van der Waals surface area contributed by atoms with Crippen molar-refractivity contribution in [2.45, 2.75) is 62.3 Å². The summed E-state index contributed by atoms with van der Waals surface area (Å²) in [5.41, 5.74) is 0. The van der Waals surface area contributed by atoms with E-state index >= 15 is 0 Å². The van der Waals surface area contributed by atoms with Crippen molar-refractivity contribution in [1.82, 2.24) is 9.62 Å². The number of benzene rings is 1. The second-order valence-corrected chi connectivity index (χ2v) is 9.85. The Hall–Kier alpha value is -1.80. The van der Waals surface area contributed by atoms with E-state index in [0.29, 0.717) is 24.5 Å². The molecule has 1 aliphatic carbocycles. The average molecular weight is 425 g/mol. The molecule has 2 aliphatic rings. The van der Waals surface area contributed by atoms with E-state index in [-0.39, 0.29) is 29.3 Å². The predicted octanol–water partition coefficient (Wildman–Crippen LogP) is 2.94. The van der Waals surface area contributed by atoms with Crippen molar-refractivity contribution in [3.8, 4) is 11.5 Å². The smallest absolute Gasteiger partial charge is 0.243 e. The largest absolute Gasteiger partial charge is 0.493 e. The van der Waals surface area contributed by atoms with Crippen LogP contribution in [0.4, 0.5) is 0 Å². The number of nitrogens with zero attached hydrogens (tertiary/aromatic N) is 1. The van der Waals surface area contributed by atoms with Crippen LogP contribution in [0, 0.1) is 5.92 Å². The molecule has 7 nitrogen and oxygen atoms in total. The number of methoxy groups -OCH3 is 2. The number of nitrogens with one attached hydrogen (secondary N) is 1. The fourth-order valence-corrected chi connectivity index (χ4v) is 5.78. The third kappa shape index (κ3) is 5.22. The molecule has 1 amide bonds. The summed E-state index contributed by atoms with van der Waals surface area (Å²) in [6.07, 6.45) is 8.19. The summed E-state index contributed by atoms with van der Waals surface area (Å²) in [6.45, 7) is 0.638. The Bertz CT molecular complexity index is 803. The topological polar surface area (TPSA) is 84.9 Å². The van der Waals surface area contributed by atoms with Crippen LogP contribution in [0.5, 0.6) is 11.5 Å². The molecule has 1 aliphatic heterocycles. The van der Waals surface area contributed by atoms with Crippen molar-refractivity contribution < 1.29 is 22.7 Å². The van der Waals surface area contributed by atoms with Crippen LogP contribution in [0.25, 0.3) is 0 Å². The molecular weight excluding hydrogens is 392 g/mol. The molecule has 1 heterocycles. The van der Waals surface area contributed by atoms with Crippen molar-refractivity contribution in [1.29, 1.82) is 0 Å². The lowest BCUT2D eigenvalue weighted by Crippen LogP contribution is -2.47. The molecule has 2 fully saturated rings. The van der Waals surface area contributed by atoms with Crippen LogP contribution in [0.15, 0.2) is 23.1 Å². The minimum atomic E-state index is -3.71. The van der Waals surface area contributed by atoms with Crippen LogP contribution in [0.1, 0.15) is 51.4 Å². The summed E-state index contributed by atoms with van der Waals surface area (Å²) in [6, 6.07) is 4.81. The molecule has 29 heavy (non-hydrogen) atoms. The molecule has 0 bridgehead atoms. The first-order valence-electron chi connectivity index (χ1n) is 10.5. The van der Waals surface area contributed by atoms with Gasteiger partial charge in [0.05, 0.1) is 25.0 Å². The maximum absolute atomic E-state index is 13.2. The normalized spacial score (nSPS) is 21.9. The molecule has 1 atom stereocenters. The second kappa shape index (κ2) is 9.80. The second-order valence-electron chi connectivity index (χ2n) is 7.92. The monoisotopic (exact) mass is 424 g/mol.